The van der Waals surface area contributed by atoms with E-state index < -0.39 is 0 Å². The number of aromatic nitrogens is 2. The molecule has 0 aliphatic carbocycles. The number of nitrogens with two attached hydrogens (primary N) is 1. The highest BCUT2D eigenvalue weighted by atomic mass is 16.5. The third kappa shape index (κ3) is 2.58. The van der Waals surface area contributed by atoms with Gasteiger partial charge in [-0.1, -0.05) is 5.16 Å². The largest absolute Gasteiger partial charge is 0.383 e. The molecule has 1 fully saturated rings. The Morgan fingerprint density at radius 2 is 2.44 bits per heavy atom. The van der Waals surface area contributed by atoms with E-state index >= 15 is 0 Å². The van der Waals surface area contributed by atoms with Gasteiger partial charge in [-0.2, -0.15) is 4.98 Å². The van der Waals surface area contributed by atoms with Crippen molar-refractivity contribution in [3.8, 4) is 0 Å². The van der Waals surface area contributed by atoms with E-state index in [0.717, 1.165) is 25.9 Å². The summed E-state index contributed by atoms with van der Waals surface area (Å²) in [6.07, 6.45) is 3.10. The molecule has 0 saturated carbocycles. The van der Waals surface area contributed by atoms with Crippen LogP contribution in [0.3, 0.4) is 0 Å². The lowest BCUT2D eigenvalue weighted by molar-refractivity contribution is -0.00459. The van der Waals surface area contributed by atoms with Crippen molar-refractivity contribution in [1.29, 1.82) is 0 Å². The number of ether oxygens (including phenoxy) is 2. The van der Waals surface area contributed by atoms with Gasteiger partial charge in [0.1, 0.15) is 6.10 Å². The van der Waals surface area contributed by atoms with Crippen LogP contribution in [0.4, 0.5) is 0 Å². The summed E-state index contributed by atoms with van der Waals surface area (Å²) in [6.45, 7) is 1.14. The maximum Gasteiger partial charge on any atom is 0.255 e. The SMILES string of the molecule is COCC(N)c1noc(C2CCCCO2)n1. The zero-order chi connectivity index (χ0) is 11.4. The summed E-state index contributed by atoms with van der Waals surface area (Å²) in [5.74, 6) is 1.01. The first-order chi connectivity index (χ1) is 7.81. The summed E-state index contributed by atoms with van der Waals surface area (Å²) in [5, 5.41) is 3.84. The lowest BCUT2D eigenvalue weighted by Gasteiger charge is -2.18. The van der Waals surface area contributed by atoms with E-state index in [1.807, 2.05) is 0 Å². The van der Waals surface area contributed by atoms with Crippen LogP contribution in [0.25, 0.3) is 0 Å². The van der Waals surface area contributed by atoms with E-state index in [0.29, 0.717) is 18.3 Å². The minimum absolute atomic E-state index is 0.0651. The molecular formula is C10H17N3O3. The zero-order valence-corrected chi connectivity index (χ0v) is 9.39. The number of nitrogens with zero attached hydrogens (tertiary/aromatic N) is 2. The van der Waals surface area contributed by atoms with Crippen molar-refractivity contribution >= 4 is 0 Å². The molecule has 2 heterocycles. The third-order valence-electron chi connectivity index (χ3n) is 2.59. The van der Waals surface area contributed by atoms with Crippen LogP contribution < -0.4 is 5.73 Å². The topological polar surface area (TPSA) is 83.4 Å². The molecule has 1 aliphatic heterocycles. The van der Waals surface area contributed by atoms with Crippen LogP contribution >= 0.6 is 0 Å². The Labute approximate surface area is 94.1 Å². The number of rotatable bonds is 4. The van der Waals surface area contributed by atoms with Gasteiger partial charge in [0.2, 0.25) is 0 Å². The van der Waals surface area contributed by atoms with Crippen LogP contribution in [-0.2, 0) is 9.47 Å². The molecule has 2 unspecified atom stereocenters. The molecule has 0 aromatic carbocycles. The van der Waals surface area contributed by atoms with Crippen LogP contribution in [0.2, 0.25) is 0 Å². The molecule has 2 atom stereocenters. The fraction of sp³-hybridized carbons (Fsp3) is 0.800. The highest BCUT2D eigenvalue weighted by Crippen LogP contribution is 2.26. The van der Waals surface area contributed by atoms with Crippen molar-refractivity contribution in [1.82, 2.24) is 10.1 Å². The second-order valence-corrected chi connectivity index (χ2v) is 3.91. The van der Waals surface area contributed by atoms with Gasteiger partial charge in [-0.15, -0.1) is 0 Å². The maximum atomic E-state index is 5.80. The molecule has 1 aromatic heterocycles. The third-order valence-corrected chi connectivity index (χ3v) is 2.59. The summed E-state index contributed by atoms with van der Waals surface area (Å²) in [7, 11) is 1.59. The van der Waals surface area contributed by atoms with Crippen molar-refractivity contribution in [2.45, 2.75) is 31.4 Å². The molecule has 0 spiro atoms. The summed E-state index contributed by atoms with van der Waals surface area (Å²) in [6, 6.07) is -0.342. The fourth-order valence-electron chi connectivity index (χ4n) is 1.72. The molecule has 90 valence electrons. The average molecular weight is 227 g/mol. The highest BCUT2D eigenvalue weighted by Gasteiger charge is 2.23. The number of hydrogen-bond acceptors (Lipinski definition) is 6. The van der Waals surface area contributed by atoms with Crippen LogP contribution in [0.1, 0.15) is 43.1 Å². The second-order valence-electron chi connectivity index (χ2n) is 3.91. The van der Waals surface area contributed by atoms with E-state index in [9.17, 15) is 0 Å². The minimum atomic E-state index is -0.342. The Balaban J connectivity index is 2.00. The van der Waals surface area contributed by atoms with Crippen molar-refractivity contribution in [3.05, 3.63) is 11.7 Å². The van der Waals surface area contributed by atoms with Gasteiger partial charge in [-0.05, 0) is 19.3 Å². The summed E-state index contributed by atoms with van der Waals surface area (Å²) >= 11 is 0. The quantitative estimate of drug-likeness (QED) is 0.824. The molecule has 1 aromatic rings. The van der Waals surface area contributed by atoms with Crippen LogP contribution in [0.5, 0.6) is 0 Å². The minimum Gasteiger partial charge on any atom is -0.383 e. The van der Waals surface area contributed by atoms with Crippen molar-refractivity contribution < 1.29 is 14.0 Å². The van der Waals surface area contributed by atoms with Crippen LogP contribution in [-0.4, -0.2) is 30.5 Å². The van der Waals surface area contributed by atoms with Crippen LogP contribution in [0.15, 0.2) is 4.52 Å². The molecule has 16 heavy (non-hydrogen) atoms. The van der Waals surface area contributed by atoms with E-state index in [4.69, 9.17) is 19.7 Å². The molecule has 0 radical (unpaired) electrons. The lowest BCUT2D eigenvalue weighted by Crippen LogP contribution is -2.18. The molecule has 6 heteroatoms. The molecule has 6 nitrogen and oxygen atoms in total. The van der Waals surface area contributed by atoms with Gasteiger partial charge in [0, 0.05) is 13.7 Å². The first-order valence-electron chi connectivity index (χ1n) is 5.51. The van der Waals surface area contributed by atoms with Crippen molar-refractivity contribution in [2.24, 2.45) is 5.73 Å². The molecule has 0 bridgehead atoms. The zero-order valence-electron chi connectivity index (χ0n) is 9.39. The first kappa shape index (κ1) is 11.5. The summed E-state index contributed by atoms with van der Waals surface area (Å²) in [5.41, 5.74) is 5.80. The maximum absolute atomic E-state index is 5.80. The van der Waals surface area contributed by atoms with E-state index in [1.165, 1.54) is 0 Å². The predicted molar refractivity (Wildman–Crippen MR) is 55.6 cm³/mol. The molecule has 0 amide bonds. The molecule has 2 N–H and O–H groups in total. The van der Waals surface area contributed by atoms with Gasteiger partial charge < -0.3 is 19.7 Å². The van der Waals surface area contributed by atoms with Crippen LogP contribution in [0, 0.1) is 0 Å². The highest BCUT2D eigenvalue weighted by molar-refractivity contribution is 4.96. The fourth-order valence-corrected chi connectivity index (χ4v) is 1.72. The van der Waals surface area contributed by atoms with Gasteiger partial charge in [-0.3, -0.25) is 0 Å². The van der Waals surface area contributed by atoms with Gasteiger partial charge >= 0.3 is 0 Å². The van der Waals surface area contributed by atoms with Gasteiger partial charge in [-0.25, -0.2) is 0 Å². The molecule has 1 aliphatic rings. The molecule has 1 saturated heterocycles. The molecule has 2 rings (SSSR count). The van der Waals surface area contributed by atoms with E-state index in [-0.39, 0.29) is 12.1 Å². The number of hydrogen-bond donors (Lipinski definition) is 1. The monoisotopic (exact) mass is 227 g/mol. The second kappa shape index (κ2) is 5.38. The molecular weight excluding hydrogens is 210 g/mol. The average Bonchev–Trinajstić information content (AvgIpc) is 2.80. The van der Waals surface area contributed by atoms with E-state index in [1.54, 1.807) is 7.11 Å². The Hall–Kier alpha value is -0.980. The Morgan fingerprint density at radius 1 is 1.56 bits per heavy atom. The Bertz CT molecular complexity index is 323. The summed E-state index contributed by atoms with van der Waals surface area (Å²) < 4.78 is 15.6. The van der Waals surface area contributed by atoms with Gasteiger partial charge in [0.25, 0.3) is 5.89 Å². The summed E-state index contributed by atoms with van der Waals surface area (Å²) in [4.78, 5) is 4.24. The van der Waals surface area contributed by atoms with Gasteiger partial charge in [0.05, 0.1) is 12.6 Å². The van der Waals surface area contributed by atoms with Crippen molar-refractivity contribution in [2.75, 3.05) is 20.3 Å². The lowest BCUT2D eigenvalue weighted by atomic mass is 10.1. The predicted octanol–water partition coefficient (Wildman–Crippen LogP) is 0.957. The normalized spacial score (nSPS) is 23.2. The number of methoxy groups -OCH3 is 1. The van der Waals surface area contributed by atoms with E-state index in [2.05, 4.69) is 10.1 Å². The standard InChI is InChI=1S/C10H17N3O3/c1-14-6-7(11)9-12-10(16-13-9)8-4-2-3-5-15-8/h7-8H,2-6,11H2,1H3. The van der Waals surface area contributed by atoms with Gasteiger partial charge in [0.15, 0.2) is 5.82 Å². The first-order valence-corrected chi connectivity index (χ1v) is 5.51. The Kier molecular flexibility index (Phi) is 3.87. The smallest absolute Gasteiger partial charge is 0.255 e. The van der Waals surface area contributed by atoms with Crippen molar-refractivity contribution in [3.63, 3.8) is 0 Å². The Morgan fingerprint density at radius 3 is 3.12 bits per heavy atom.